The van der Waals surface area contributed by atoms with Gasteiger partial charge in [-0.05, 0) is 60.3 Å². The van der Waals surface area contributed by atoms with Gasteiger partial charge in [0, 0.05) is 5.02 Å². The number of anilines is 1. The van der Waals surface area contributed by atoms with Gasteiger partial charge in [0.1, 0.15) is 11.3 Å². The Bertz CT molecular complexity index is 893. The molecule has 0 spiro atoms. The number of amides is 2. The lowest BCUT2D eigenvalue weighted by Gasteiger charge is -2.29. The number of thiocarbonyl (C=S) groups is 1. The monoisotopic (exact) mass is 372 g/mol. The van der Waals surface area contributed by atoms with Crippen LogP contribution in [0.15, 0.2) is 54.1 Å². The number of carbonyl (C=O) groups is 2. The van der Waals surface area contributed by atoms with Gasteiger partial charge in [-0.3, -0.25) is 19.8 Å². The second kappa shape index (κ2) is 7.04. The van der Waals surface area contributed by atoms with Crippen LogP contribution < -0.4 is 15.0 Å². The van der Waals surface area contributed by atoms with Crippen molar-refractivity contribution in [3.63, 3.8) is 0 Å². The number of methoxy groups -OCH3 is 1. The van der Waals surface area contributed by atoms with Crippen molar-refractivity contribution in [2.75, 3.05) is 12.0 Å². The quantitative estimate of drug-likeness (QED) is 0.510. The molecule has 2 aromatic carbocycles. The molecule has 2 aromatic rings. The summed E-state index contributed by atoms with van der Waals surface area (Å²) in [6.07, 6.45) is 1.49. The molecule has 0 saturated carbocycles. The van der Waals surface area contributed by atoms with Crippen molar-refractivity contribution in [3.8, 4) is 5.75 Å². The lowest BCUT2D eigenvalue weighted by molar-refractivity contribution is -0.122. The van der Waals surface area contributed by atoms with E-state index in [1.807, 2.05) is 0 Å². The summed E-state index contributed by atoms with van der Waals surface area (Å²) in [5.74, 6) is -0.392. The predicted molar refractivity (Wildman–Crippen MR) is 101 cm³/mol. The van der Waals surface area contributed by atoms with Crippen molar-refractivity contribution >= 4 is 52.5 Å². The number of ether oxygens (including phenoxy) is 1. The third kappa shape index (κ3) is 3.55. The van der Waals surface area contributed by atoms with Gasteiger partial charge in [-0.15, -0.1) is 0 Å². The fourth-order valence-corrected chi connectivity index (χ4v) is 2.87. The summed E-state index contributed by atoms with van der Waals surface area (Å²) in [6, 6.07) is 13.7. The zero-order valence-electron chi connectivity index (χ0n) is 13.2. The fourth-order valence-electron chi connectivity index (χ4n) is 2.39. The van der Waals surface area contributed by atoms with Gasteiger partial charge < -0.3 is 4.74 Å². The number of carbonyl (C=O) groups excluding carboxylic acids is 2. The smallest absolute Gasteiger partial charge is 0.270 e. The summed E-state index contributed by atoms with van der Waals surface area (Å²) in [6.45, 7) is 0. The first kappa shape index (κ1) is 17.1. The van der Waals surface area contributed by atoms with Crippen LogP contribution in [0.25, 0.3) is 6.08 Å². The minimum Gasteiger partial charge on any atom is -0.497 e. The Balaban J connectivity index is 1.99. The largest absolute Gasteiger partial charge is 0.497 e. The number of nitrogens with one attached hydrogen (secondary N) is 1. The van der Waals surface area contributed by atoms with Gasteiger partial charge in [-0.2, -0.15) is 0 Å². The molecule has 0 bridgehead atoms. The number of nitrogens with zero attached hydrogens (tertiary/aromatic N) is 1. The lowest BCUT2D eigenvalue weighted by atomic mass is 10.1. The molecule has 1 N–H and O–H groups in total. The molecule has 0 atom stereocenters. The Morgan fingerprint density at radius 3 is 2.52 bits per heavy atom. The second-order valence-electron chi connectivity index (χ2n) is 5.21. The predicted octanol–water partition coefficient (Wildman–Crippen LogP) is 3.18. The molecule has 1 aliphatic heterocycles. The summed E-state index contributed by atoms with van der Waals surface area (Å²) in [4.78, 5) is 26.3. The van der Waals surface area contributed by atoms with Crippen molar-refractivity contribution in [2.45, 2.75) is 0 Å². The average molecular weight is 373 g/mol. The molecule has 1 aliphatic rings. The van der Waals surface area contributed by atoms with Crippen LogP contribution in [0, 0.1) is 0 Å². The Labute approximate surface area is 154 Å². The highest BCUT2D eigenvalue weighted by Gasteiger charge is 2.34. The first-order valence-electron chi connectivity index (χ1n) is 7.30. The van der Waals surface area contributed by atoms with Gasteiger partial charge >= 0.3 is 0 Å². The Morgan fingerprint density at radius 2 is 1.88 bits per heavy atom. The van der Waals surface area contributed by atoms with Crippen molar-refractivity contribution < 1.29 is 14.3 Å². The van der Waals surface area contributed by atoms with E-state index >= 15 is 0 Å². The number of rotatable bonds is 3. The molecule has 1 heterocycles. The van der Waals surface area contributed by atoms with Gasteiger partial charge in [-0.25, -0.2) is 0 Å². The van der Waals surface area contributed by atoms with Crippen LogP contribution in [-0.2, 0) is 9.59 Å². The van der Waals surface area contributed by atoms with Crippen LogP contribution >= 0.6 is 23.8 Å². The molecule has 0 radical (unpaired) electrons. The zero-order valence-corrected chi connectivity index (χ0v) is 14.7. The summed E-state index contributed by atoms with van der Waals surface area (Å²) in [5, 5.41) is 3.08. The highest BCUT2D eigenvalue weighted by atomic mass is 35.5. The molecule has 25 heavy (non-hydrogen) atoms. The van der Waals surface area contributed by atoms with Crippen molar-refractivity contribution in [1.82, 2.24) is 5.32 Å². The van der Waals surface area contributed by atoms with E-state index in [0.717, 1.165) is 0 Å². The number of halogens is 1. The molecule has 1 saturated heterocycles. The molecule has 2 amide bonds. The van der Waals surface area contributed by atoms with E-state index in [9.17, 15) is 9.59 Å². The lowest BCUT2D eigenvalue weighted by Crippen LogP contribution is -2.54. The van der Waals surface area contributed by atoms with E-state index in [1.54, 1.807) is 55.6 Å². The molecule has 0 unspecified atom stereocenters. The molecular weight excluding hydrogens is 360 g/mol. The maximum Gasteiger partial charge on any atom is 0.270 e. The third-order valence-electron chi connectivity index (χ3n) is 3.59. The zero-order chi connectivity index (χ0) is 18.0. The van der Waals surface area contributed by atoms with Crippen LogP contribution in [0.2, 0.25) is 5.02 Å². The topological polar surface area (TPSA) is 58.6 Å². The van der Waals surface area contributed by atoms with E-state index in [0.29, 0.717) is 22.0 Å². The summed E-state index contributed by atoms with van der Waals surface area (Å²) in [5.41, 5.74) is 1.16. The van der Waals surface area contributed by atoms with Crippen LogP contribution in [0.5, 0.6) is 5.75 Å². The van der Waals surface area contributed by atoms with E-state index in [-0.39, 0.29) is 10.7 Å². The summed E-state index contributed by atoms with van der Waals surface area (Å²) < 4.78 is 5.11. The van der Waals surface area contributed by atoms with Gasteiger partial charge in [-0.1, -0.05) is 23.7 Å². The molecular formula is C18H13ClN2O3S. The normalized spacial score (nSPS) is 16.2. The number of benzene rings is 2. The first-order valence-corrected chi connectivity index (χ1v) is 8.09. The molecule has 126 valence electrons. The van der Waals surface area contributed by atoms with Crippen molar-refractivity contribution in [3.05, 3.63) is 64.7 Å². The van der Waals surface area contributed by atoms with E-state index < -0.39 is 11.8 Å². The van der Waals surface area contributed by atoms with Crippen LogP contribution in [0.3, 0.4) is 0 Å². The standard InChI is InChI=1S/C18H13ClN2O3S/c1-24-14-7-5-13(6-8-14)21-17(23)15(16(22)20-18(21)25)10-11-3-2-4-12(19)9-11/h2-10H,1H3,(H,20,22,25)/b15-10-. The van der Waals surface area contributed by atoms with Gasteiger partial charge in [0.15, 0.2) is 5.11 Å². The van der Waals surface area contributed by atoms with E-state index in [4.69, 9.17) is 28.6 Å². The summed E-state index contributed by atoms with van der Waals surface area (Å²) >= 11 is 11.1. The Hall–Kier alpha value is -2.70. The highest BCUT2D eigenvalue weighted by Crippen LogP contribution is 2.24. The maximum atomic E-state index is 12.8. The van der Waals surface area contributed by atoms with Crippen LogP contribution in [-0.4, -0.2) is 24.0 Å². The Kier molecular flexibility index (Phi) is 4.83. The van der Waals surface area contributed by atoms with Crippen molar-refractivity contribution in [1.29, 1.82) is 0 Å². The average Bonchev–Trinajstić information content (AvgIpc) is 2.59. The minimum absolute atomic E-state index is 0.0216. The van der Waals surface area contributed by atoms with Gasteiger partial charge in [0.2, 0.25) is 0 Å². The number of hydrogen-bond donors (Lipinski definition) is 1. The van der Waals surface area contributed by atoms with Gasteiger partial charge in [0.05, 0.1) is 12.8 Å². The highest BCUT2D eigenvalue weighted by molar-refractivity contribution is 7.80. The van der Waals surface area contributed by atoms with E-state index in [1.165, 1.54) is 11.0 Å². The molecule has 1 fully saturated rings. The molecule has 0 aromatic heterocycles. The second-order valence-corrected chi connectivity index (χ2v) is 6.03. The van der Waals surface area contributed by atoms with Gasteiger partial charge in [0.25, 0.3) is 11.8 Å². The molecule has 0 aliphatic carbocycles. The van der Waals surface area contributed by atoms with E-state index in [2.05, 4.69) is 5.32 Å². The third-order valence-corrected chi connectivity index (χ3v) is 4.11. The number of hydrogen-bond acceptors (Lipinski definition) is 4. The Morgan fingerprint density at radius 1 is 1.16 bits per heavy atom. The van der Waals surface area contributed by atoms with Crippen LogP contribution in [0.4, 0.5) is 5.69 Å². The molecule has 3 rings (SSSR count). The summed E-state index contributed by atoms with van der Waals surface area (Å²) in [7, 11) is 1.55. The fraction of sp³-hybridized carbons (Fsp3) is 0.0556. The first-order chi connectivity index (χ1) is 12.0. The minimum atomic E-state index is -0.542. The van der Waals surface area contributed by atoms with Crippen molar-refractivity contribution in [2.24, 2.45) is 0 Å². The SMILES string of the molecule is COc1ccc(N2C(=O)/C(=C\c3cccc(Cl)c3)C(=O)NC2=S)cc1. The van der Waals surface area contributed by atoms with Crippen LogP contribution in [0.1, 0.15) is 5.56 Å². The maximum absolute atomic E-state index is 12.8. The molecule has 5 nitrogen and oxygen atoms in total. The molecule has 7 heteroatoms.